The van der Waals surface area contributed by atoms with Gasteiger partial charge in [0.05, 0.1) is 6.04 Å². The second-order valence-electron chi connectivity index (χ2n) is 4.03. The summed E-state index contributed by atoms with van der Waals surface area (Å²) in [4.78, 5) is 13.6. The molecule has 1 fully saturated rings. The predicted molar refractivity (Wildman–Crippen MR) is 55.1 cm³/mol. The van der Waals surface area contributed by atoms with Crippen molar-refractivity contribution in [3.8, 4) is 0 Å². The SMILES string of the molecule is CC(C(=O)NC1CCOCC1)N(C)C. The van der Waals surface area contributed by atoms with Gasteiger partial charge in [-0.3, -0.25) is 9.69 Å². The van der Waals surface area contributed by atoms with E-state index in [9.17, 15) is 4.79 Å². The first-order valence-electron chi connectivity index (χ1n) is 5.16. The number of ether oxygens (including phenoxy) is 1. The number of nitrogens with one attached hydrogen (secondary N) is 1. The fourth-order valence-electron chi connectivity index (χ4n) is 1.40. The normalized spacial score (nSPS) is 20.9. The Morgan fingerprint density at radius 3 is 2.50 bits per heavy atom. The summed E-state index contributed by atoms with van der Waals surface area (Å²) in [7, 11) is 3.82. The molecule has 1 aliphatic rings. The molecule has 0 spiro atoms. The summed E-state index contributed by atoms with van der Waals surface area (Å²) >= 11 is 0. The molecule has 1 saturated heterocycles. The Balaban J connectivity index is 2.31. The highest BCUT2D eigenvalue weighted by molar-refractivity contribution is 5.81. The smallest absolute Gasteiger partial charge is 0.237 e. The highest BCUT2D eigenvalue weighted by Crippen LogP contribution is 2.06. The summed E-state index contributed by atoms with van der Waals surface area (Å²) in [5.41, 5.74) is 0. The fraction of sp³-hybridized carbons (Fsp3) is 0.900. The topological polar surface area (TPSA) is 41.6 Å². The van der Waals surface area contributed by atoms with Crippen LogP contribution in [0.2, 0.25) is 0 Å². The van der Waals surface area contributed by atoms with Gasteiger partial charge in [0.2, 0.25) is 5.91 Å². The molecule has 0 aliphatic carbocycles. The third kappa shape index (κ3) is 3.27. The zero-order valence-electron chi connectivity index (χ0n) is 9.25. The van der Waals surface area contributed by atoms with E-state index >= 15 is 0 Å². The molecule has 0 radical (unpaired) electrons. The van der Waals surface area contributed by atoms with Crippen LogP contribution in [0.25, 0.3) is 0 Å². The van der Waals surface area contributed by atoms with Crippen molar-refractivity contribution in [3.63, 3.8) is 0 Å². The summed E-state index contributed by atoms with van der Waals surface area (Å²) in [6.07, 6.45) is 1.87. The van der Waals surface area contributed by atoms with Gasteiger partial charge >= 0.3 is 0 Å². The van der Waals surface area contributed by atoms with Crippen molar-refractivity contribution in [1.82, 2.24) is 10.2 Å². The molecule has 4 nitrogen and oxygen atoms in total. The van der Waals surface area contributed by atoms with E-state index in [1.807, 2.05) is 25.9 Å². The number of hydrogen-bond donors (Lipinski definition) is 1. The molecule has 0 saturated carbocycles. The summed E-state index contributed by atoms with van der Waals surface area (Å²) < 4.78 is 5.23. The van der Waals surface area contributed by atoms with E-state index in [0.717, 1.165) is 26.1 Å². The van der Waals surface area contributed by atoms with Crippen LogP contribution >= 0.6 is 0 Å². The van der Waals surface area contributed by atoms with Gasteiger partial charge in [0.15, 0.2) is 0 Å². The van der Waals surface area contributed by atoms with E-state index in [2.05, 4.69) is 5.32 Å². The monoisotopic (exact) mass is 200 g/mol. The fourth-order valence-corrected chi connectivity index (χ4v) is 1.40. The highest BCUT2D eigenvalue weighted by Gasteiger charge is 2.20. The van der Waals surface area contributed by atoms with Gasteiger partial charge in [0.25, 0.3) is 0 Å². The number of hydrogen-bond acceptors (Lipinski definition) is 3. The van der Waals surface area contributed by atoms with E-state index in [-0.39, 0.29) is 11.9 Å². The number of carbonyl (C=O) groups excluding carboxylic acids is 1. The van der Waals surface area contributed by atoms with Crippen molar-refractivity contribution < 1.29 is 9.53 Å². The zero-order valence-corrected chi connectivity index (χ0v) is 9.25. The largest absolute Gasteiger partial charge is 0.381 e. The molecule has 1 aliphatic heterocycles. The van der Waals surface area contributed by atoms with Gasteiger partial charge in [-0.25, -0.2) is 0 Å². The van der Waals surface area contributed by atoms with Gasteiger partial charge in [-0.2, -0.15) is 0 Å². The van der Waals surface area contributed by atoms with Crippen LogP contribution in [0.4, 0.5) is 0 Å². The van der Waals surface area contributed by atoms with E-state index in [0.29, 0.717) is 6.04 Å². The summed E-state index contributed by atoms with van der Waals surface area (Å²) in [6, 6.07) is 0.247. The molecule has 1 atom stereocenters. The van der Waals surface area contributed by atoms with Gasteiger partial charge in [-0.05, 0) is 33.9 Å². The lowest BCUT2D eigenvalue weighted by Crippen LogP contribution is -2.47. The number of amides is 1. The molecule has 1 rings (SSSR count). The lowest BCUT2D eigenvalue weighted by Gasteiger charge is -2.26. The first-order valence-corrected chi connectivity index (χ1v) is 5.16. The number of rotatable bonds is 3. The minimum Gasteiger partial charge on any atom is -0.381 e. The van der Waals surface area contributed by atoms with E-state index < -0.39 is 0 Å². The molecule has 82 valence electrons. The number of nitrogens with zero attached hydrogens (tertiary/aromatic N) is 1. The Kier molecular flexibility index (Phi) is 4.35. The molecule has 0 aromatic carbocycles. The molecule has 0 aromatic rings. The van der Waals surface area contributed by atoms with Crippen molar-refractivity contribution in [3.05, 3.63) is 0 Å². The van der Waals surface area contributed by atoms with Crippen LogP contribution in [0.1, 0.15) is 19.8 Å². The average Bonchev–Trinajstić information content (AvgIpc) is 2.18. The molecule has 1 unspecified atom stereocenters. The standard InChI is InChI=1S/C10H20N2O2/c1-8(12(2)3)10(13)11-9-4-6-14-7-5-9/h8-9H,4-7H2,1-3H3,(H,11,13). The Morgan fingerprint density at radius 1 is 1.43 bits per heavy atom. The molecule has 4 heteroatoms. The van der Waals surface area contributed by atoms with Crippen LogP contribution in [0.3, 0.4) is 0 Å². The van der Waals surface area contributed by atoms with Crippen LogP contribution < -0.4 is 5.32 Å². The maximum Gasteiger partial charge on any atom is 0.237 e. The Bertz CT molecular complexity index is 189. The molecule has 1 amide bonds. The molecule has 14 heavy (non-hydrogen) atoms. The first kappa shape index (κ1) is 11.5. The molecular weight excluding hydrogens is 180 g/mol. The summed E-state index contributed by atoms with van der Waals surface area (Å²) in [5.74, 6) is 0.113. The van der Waals surface area contributed by atoms with Crippen LogP contribution in [0.5, 0.6) is 0 Å². The van der Waals surface area contributed by atoms with E-state index in [4.69, 9.17) is 4.74 Å². The second kappa shape index (κ2) is 5.32. The molecule has 0 bridgehead atoms. The molecular formula is C10H20N2O2. The lowest BCUT2D eigenvalue weighted by atomic mass is 10.1. The van der Waals surface area contributed by atoms with Gasteiger partial charge in [0, 0.05) is 19.3 Å². The van der Waals surface area contributed by atoms with Gasteiger partial charge in [0.1, 0.15) is 0 Å². The van der Waals surface area contributed by atoms with Gasteiger partial charge < -0.3 is 10.1 Å². The van der Waals surface area contributed by atoms with E-state index in [1.165, 1.54) is 0 Å². The van der Waals surface area contributed by atoms with Crippen LogP contribution in [-0.4, -0.2) is 50.2 Å². The Morgan fingerprint density at radius 2 is 2.00 bits per heavy atom. The van der Waals surface area contributed by atoms with Crippen molar-refractivity contribution in [2.45, 2.75) is 31.8 Å². The number of likely N-dealkylation sites (N-methyl/N-ethyl adjacent to an activating group) is 1. The second-order valence-corrected chi connectivity index (χ2v) is 4.03. The highest BCUT2D eigenvalue weighted by atomic mass is 16.5. The van der Waals surface area contributed by atoms with Crippen molar-refractivity contribution in [2.24, 2.45) is 0 Å². The maximum atomic E-state index is 11.7. The quantitative estimate of drug-likeness (QED) is 0.709. The average molecular weight is 200 g/mol. The summed E-state index contributed by atoms with van der Waals surface area (Å²) in [5, 5.41) is 3.04. The summed E-state index contributed by atoms with van der Waals surface area (Å²) in [6.45, 7) is 3.44. The minimum absolute atomic E-state index is 0.0576. The molecule has 1 heterocycles. The third-order valence-corrected chi connectivity index (χ3v) is 2.72. The van der Waals surface area contributed by atoms with Crippen molar-refractivity contribution >= 4 is 5.91 Å². The van der Waals surface area contributed by atoms with Crippen LogP contribution in [0.15, 0.2) is 0 Å². The lowest BCUT2D eigenvalue weighted by molar-refractivity contribution is -0.126. The zero-order chi connectivity index (χ0) is 10.6. The molecule has 0 aromatic heterocycles. The maximum absolute atomic E-state index is 11.7. The van der Waals surface area contributed by atoms with E-state index in [1.54, 1.807) is 0 Å². The third-order valence-electron chi connectivity index (χ3n) is 2.72. The Hall–Kier alpha value is -0.610. The van der Waals surface area contributed by atoms with Gasteiger partial charge in [-0.15, -0.1) is 0 Å². The predicted octanol–water partition coefficient (Wildman–Crippen LogP) is 0.232. The van der Waals surface area contributed by atoms with Crippen LogP contribution in [-0.2, 0) is 9.53 Å². The van der Waals surface area contributed by atoms with Crippen molar-refractivity contribution in [2.75, 3.05) is 27.3 Å². The van der Waals surface area contributed by atoms with Crippen molar-refractivity contribution in [1.29, 1.82) is 0 Å². The minimum atomic E-state index is -0.0576. The van der Waals surface area contributed by atoms with Gasteiger partial charge in [-0.1, -0.05) is 0 Å². The number of carbonyl (C=O) groups is 1. The first-order chi connectivity index (χ1) is 6.61. The van der Waals surface area contributed by atoms with Crippen LogP contribution in [0, 0.1) is 0 Å². The molecule has 1 N–H and O–H groups in total. The Labute approximate surface area is 85.6 Å².